The van der Waals surface area contributed by atoms with Crippen molar-refractivity contribution in [2.45, 2.75) is 19.3 Å². The van der Waals surface area contributed by atoms with Gasteiger partial charge in [0.05, 0.1) is 11.4 Å². The normalized spacial score (nSPS) is 12.7. The Morgan fingerprint density at radius 1 is 0.305 bits per heavy atom. The standard InChI is InChI=1S/C57H40N2/c1-57(2)51-23-13-22-49(55(51)50-34-41-18-9-10-19-42(41)35-52(50)57)54-36-53(58-56(59-54)40-16-7-4-8-17-40)46-31-29-43-32-45(30-28-44(43)33-46)48-21-12-11-20-47(48)39-26-24-38(25-27-39)37-14-5-3-6-15-37/h3-36H,1-2H3. The molecule has 0 atom stereocenters. The molecule has 0 amide bonds. The van der Waals surface area contributed by atoms with E-state index >= 15 is 0 Å². The average molecular weight is 753 g/mol. The van der Waals surface area contributed by atoms with Crippen molar-refractivity contribution in [1.29, 1.82) is 0 Å². The highest BCUT2D eigenvalue weighted by molar-refractivity contribution is 5.99. The monoisotopic (exact) mass is 752 g/mol. The van der Waals surface area contributed by atoms with E-state index in [0.29, 0.717) is 0 Å². The van der Waals surface area contributed by atoms with Crippen molar-refractivity contribution < 1.29 is 0 Å². The molecular formula is C57H40N2. The minimum Gasteiger partial charge on any atom is -0.228 e. The molecule has 10 aromatic rings. The highest BCUT2D eigenvalue weighted by atomic mass is 14.9. The van der Waals surface area contributed by atoms with E-state index < -0.39 is 0 Å². The number of nitrogens with zero attached hydrogens (tertiary/aromatic N) is 2. The van der Waals surface area contributed by atoms with Gasteiger partial charge < -0.3 is 0 Å². The van der Waals surface area contributed by atoms with Crippen LogP contribution in [0.25, 0.3) is 100.0 Å². The summed E-state index contributed by atoms with van der Waals surface area (Å²) < 4.78 is 0. The molecule has 1 aliphatic rings. The van der Waals surface area contributed by atoms with Gasteiger partial charge in [0.1, 0.15) is 0 Å². The van der Waals surface area contributed by atoms with Crippen LogP contribution < -0.4 is 0 Å². The zero-order chi connectivity index (χ0) is 39.5. The first kappa shape index (κ1) is 34.8. The third-order valence-corrected chi connectivity index (χ3v) is 12.3. The zero-order valence-electron chi connectivity index (χ0n) is 33.0. The van der Waals surface area contributed by atoms with Gasteiger partial charge in [-0.1, -0.05) is 190 Å². The maximum atomic E-state index is 5.31. The maximum absolute atomic E-state index is 5.31. The number of rotatable bonds is 6. The van der Waals surface area contributed by atoms with E-state index in [0.717, 1.165) is 33.9 Å². The average Bonchev–Trinajstić information content (AvgIpc) is 3.53. The van der Waals surface area contributed by atoms with Crippen LogP contribution in [0, 0.1) is 0 Å². The van der Waals surface area contributed by atoms with Crippen LogP contribution in [0.3, 0.4) is 0 Å². The second-order valence-electron chi connectivity index (χ2n) is 16.2. The Balaban J connectivity index is 1.00. The minimum atomic E-state index is -0.145. The van der Waals surface area contributed by atoms with Crippen LogP contribution in [0.4, 0.5) is 0 Å². The fourth-order valence-corrected chi connectivity index (χ4v) is 9.17. The smallest absolute Gasteiger partial charge is 0.160 e. The molecule has 2 heteroatoms. The van der Waals surface area contributed by atoms with Crippen molar-refractivity contribution in [2.24, 2.45) is 0 Å². The van der Waals surface area contributed by atoms with Crippen LogP contribution in [0.2, 0.25) is 0 Å². The number of benzene rings is 9. The van der Waals surface area contributed by atoms with Crippen molar-refractivity contribution in [3.63, 3.8) is 0 Å². The number of hydrogen-bond donors (Lipinski definition) is 0. The van der Waals surface area contributed by atoms with Gasteiger partial charge in [-0.15, -0.1) is 0 Å². The van der Waals surface area contributed by atoms with Crippen LogP contribution in [0.15, 0.2) is 206 Å². The predicted octanol–water partition coefficient (Wildman–Crippen LogP) is 15.1. The second kappa shape index (κ2) is 13.9. The van der Waals surface area contributed by atoms with Crippen molar-refractivity contribution in [2.75, 3.05) is 0 Å². The quantitative estimate of drug-likeness (QED) is 0.169. The number of aromatic nitrogens is 2. The summed E-state index contributed by atoms with van der Waals surface area (Å²) in [5.74, 6) is 0.718. The van der Waals surface area contributed by atoms with Crippen molar-refractivity contribution in [3.05, 3.63) is 217 Å². The van der Waals surface area contributed by atoms with Crippen LogP contribution in [0.1, 0.15) is 25.0 Å². The molecule has 278 valence electrons. The molecule has 9 aromatic carbocycles. The van der Waals surface area contributed by atoms with Gasteiger partial charge in [-0.05, 0) is 108 Å². The van der Waals surface area contributed by atoms with Crippen LogP contribution in [-0.2, 0) is 5.41 Å². The molecule has 0 fully saturated rings. The summed E-state index contributed by atoms with van der Waals surface area (Å²) in [5, 5.41) is 4.87. The molecule has 2 nitrogen and oxygen atoms in total. The van der Waals surface area contributed by atoms with Crippen LogP contribution in [0.5, 0.6) is 0 Å². The van der Waals surface area contributed by atoms with E-state index in [1.165, 1.54) is 77.2 Å². The van der Waals surface area contributed by atoms with Gasteiger partial charge in [-0.2, -0.15) is 0 Å². The van der Waals surface area contributed by atoms with Crippen LogP contribution in [-0.4, -0.2) is 9.97 Å². The Morgan fingerprint density at radius 2 is 0.814 bits per heavy atom. The third-order valence-electron chi connectivity index (χ3n) is 12.3. The second-order valence-corrected chi connectivity index (χ2v) is 16.2. The molecule has 1 aliphatic carbocycles. The van der Waals surface area contributed by atoms with E-state index in [-0.39, 0.29) is 5.41 Å². The van der Waals surface area contributed by atoms with E-state index in [1.807, 2.05) is 6.07 Å². The Bertz CT molecular complexity index is 3220. The van der Waals surface area contributed by atoms with E-state index in [1.54, 1.807) is 0 Å². The van der Waals surface area contributed by atoms with Crippen molar-refractivity contribution in [3.8, 4) is 78.4 Å². The van der Waals surface area contributed by atoms with Gasteiger partial charge in [0.2, 0.25) is 0 Å². The lowest BCUT2D eigenvalue weighted by Crippen LogP contribution is -2.14. The molecule has 0 saturated carbocycles. The highest BCUT2D eigenvalue weighted by Crippen LogP contribution is 2.53. The third kappa shape index (κ3) is 6.04. The first-order valence-electron chi connectivity index (χ1n) is 20.4. The fourth-order valence-electron chi connectivity index (χ4n) is 9.17. The SMILES string of the molecule is CC1(C)c2cc3ccccc3cc2-c2c(-c3cc(-c4ccc5cc(-c6ccccc6-c6ccc(-c7ccccc7)cc6)ccc5c4)nc(-c4ccccc4)n3)cccc21. The lowest BCUT2D eigenvalue weighted by Gasteiger charge is -2.22. The summed E-state index contributed by atoms with van der Waals surface area (Å²) in [6, 6.07) is 74.4. The summed E-state index contributed by atoms with van der Waals surface area (Å²) in [6.45, 7) is 4.69. The van der Waals surface area contributed by atoms with E-state index in [9.17, 15) is 0 Å². The molecule has 59 heavy (non-hydrogen) atoms. The fraction of sp³-hybridized carbons (Fsp3) is 0.0526. The molecule has 0 bridgehead atoms. The van der Waals surface area contributed by atoms with E-state index in [2.05, 4.69) is 214 Å². The molecule has 0 aliphatic heterocycles. The summed E-state index contributed by atoms with van der Waals surface area (Å²) >= 11 is 0. The highest BCUT2D eigenvalue weighted by Gasteiger charge is 2.37. The molecule has 1 heterocycles. The predicted molar refractivity (Wildman–Crippen MR) is 247 cm³/mol. The van der Waals surface area contributed by atoms with Gasteiger partial charge in [-0.3, -0.25) is 0 Å². The van der Waals surface area contributed by atoms with Gasteiger partial charge in [-0.25, -0.2) is 9.97 Å². The first-order chi connectivity index (χ1) is 29.0. The molecule has 0 unspecified atom stereocenters. The topological polar surface area (TPSA) is 25.8 Å². The molecular weight excluding hydrogens is 713 g/mol. The van der Waals surface area contributed by atoms with Crippen molar-refractivity contribution >= 4 is 21.5 Å². The summed E-state index contributed by atoms with van der Waals surface area (Å²) in [6.07, 6.45) is 0. The zero-order valence-corrected chi connectivity index (χ0v) is 33.0. The van der Waals surface area contributed by atoms with Gasteiger partial charge >= 0.3 is 0 Å². The lowest BCUT2D eigenvalue weighted by molar-refractivity contribution is 0.661. The molecule has 0 saturated heterocycles. The Labute approximate surface area is 345 Å². The summed E-state index contributed by atoms with van der Waals surface area (Å²) in [7, 11) is 0. The Hall–Kier alpha value is -7.42. The Morgan fingerprint density at radius 3 is 1.54 bits per heavy atom. The number of hydrogen-bond acceptors (Lipinski definition) is 2. The van der Waals surface area contributed by atoms with Gasteiger partial charge in [0, 0.05) is 22.1 Å². The molecule has 0 radical (unpaired) electrons. The molecule has 0 N–H and O–H groups in total. The minimum absolute atomic E-state index is 0.145. The number of fused-ring (bicyclic) bond motifs is 5. The van der Waals surface area contributed by atoms with Crippen molar-refractivity contribution in [1.82, 2.24) is 9.97 Å². The van der Waals surface area contributed by atoms with Crippen LogP contribution >= 0.6 is 0 Å². The largest absolute Gasteiger partial charge is 0.228 e. The Kier molecular flexibility index (Phi) is 8.20. The summed E-state index contributed by atoms with van der Waals surface area (Å²) in [4.78, 5) is 10.5. The van der Waals surface area contributed by atoms with Gasteiger partial charge in [0.15, 0.2) is 5.82 Å². The molecule has 0 spiro atoms. The lowest BCUT2D eigenvalue weighted by atomic mass is 9.81. The van der Waals surface area contributed by atoms with Gasteiger partial charge in [0.25, 0.3) is 0 Å². The molecule has 11 rings (SSSR count). The molecule has 1 aromatic heterocycles. The maximum Gasteiger partial charge on any atom is 0.160 e. The summed E-state index contributed by atoms with van der Waals surface area (Å²) in [5.41, 5.74) is 17.4. The first-order valence-corrected chi connectivity index (χ1v) is 20.4. The van der Waals surface area contributed by atoms with E-state index in [4.69, 9.17) is 9.97 Å².